The van der Waals surface area contributed by atoms with Gasteiger partial charge in [0.25, 0.3) is 11.5 Å². The van der Waals surface area contributed by atoms with Crippen molar-refractivity contribution in [2.24, 2.45) is 7.05 Å². The molecule has 0 saturated carbocycles. The molecule has 0 saturated heterocycles. The van der Waals surface area contributed by atoms with Gasteiger partial charge in [-0.3, -0.25) is 19.0 Å². The summed E-state index contributed by atoms with van der Waals surface area (Å²) in [6.07, 6.45) is 2.40. The zero-order valence-electron chi connectivity index (χ0n) is 19.6. The molecular formula is C25H24FN5O5. The molecule has 10 nitrogen and oxygen atoms in total. The largest absolute Gasteiger partial charge is 0.395 e. The first kappa shape index (κ1) is 24.7. The molecule has 3 aromatic rings. The minimum Gasteiger partial charge on any atom is -0.395 e. The van der Waals surface area contributed by atoms with Gasteiger partial charge in [0.15, 0.2) is 0 Å². The van der Waals surface area contributed by atoms with E-state index in [1.807, 2.05) is 0 Å². The molecule has 1 aliphatic heterocycles. The number of anilines is 1. The molecule has 2 N–H and O–H groups in total. The van der Waals surface area contributed by atoms with Gasteiger partial charge in [0.1, 0.15) is 12.0 Å². The highest BCUT2D eigenvalue weighted by Crippen LogP contribution is 2.34. The second-order valence-corrected chi connectivity index (χ2v) is 8.39. The van der Waals surface area contributed by atoms with Gasteiger partial charge in [-0.25, -0.2) is 9.18 Å². The number of benzene rings is 2. The fraction of sp³-hybridized carbons (Fsp3) is 0.240. The fourth-order valence-electron chi connectivity index (χ4n) is 3.97. The molecule has 1 aliphatic rings. The third kappa shape index (κ3) is 4.86. The molecule has 0 bridgehead atoms. The van der Waals surface area contributed by atoms with E-state index >= 15 is 0 Å². The van der Waals surface area contributed by atoms with Crippen LogP contribution in [0.1, 0.15) is 23.5 Å². The molecule has 11 heteroatoms. The summed E-state index contributed by atoms with van der Waals surface area (Å²) in [7, 11) is 1.34. The number of β-amino-alcohol motifs (C(OH)–C–C–N with tert-alkyl or cyclic N) is 1. The van der Waals surface area contributed by atoms with Crippen LogP contribution in [0.3, 0.4) is 0 Å². The number of amides is 2. The topological polar surface area (TPSA) is 127 Å². The minimum absolute atomic E-state index is 0.0265. The fourth-order valence-corrected chi connectivity index (χ4v) is 3.97. The van der Waals surface area contributed by atoms with Crippen LogP contribution >= 0.6 is 0 Å². The first-order valence-corrected chi connectivity index (χ1v) is 11.1. The van der Waals surface area contributed by atoms with Crippen molar-refractivity contribution in [1.29, 1.82) is 0 Å². The van der Waals surface area contributed by atoms with E-state index in [9.17, 15) is 28.7 Å². The van der Waals surface area contributed by atoms with Gasteiger partial charge < -0.3 is 15.3 Å². The van der Waals surface area contributed by atoms with Crippen molar-refractivity contribution in [2.45, 2.75) is 19.3 Å². The molecule has 186 valence electrons. The van der Waals surface area contributed by atoms with E-state index < -0.39 is 28.9 Å². The Bertz CT molecular complexity index is 1480. The molecule has 36 heavy (non-hydrogen) atoms. The van der Waals surface area contributed by atoms with Crippen LogP contribution in [0.4, 0.5) is 10.1 Å². The Hall–Kier alpha value is -4.38. The van der Waals surface area contributed by atoms with Gasteiger partial charge in [-0.15, -0.1) is 0 Å². The standard InChI is InChI=1S/C25H24FN5O5/c1-15-3-8-18(31-25(36)29(2)23(34)13-27-31)11-21(15)28-24(35)20-14-30(9-10-32)22(33)12-19(20)16-4-6-17(26)7-5-16/h3-8,11,13-14,19,32H,9-10,12H2,1-2H3,(H,28,35). The van der Waals surface area contributed by atoms with Crippen LogP contribution < -0.4 is 16.6 Å². The van der Waals surface area contributed by atoms with Crippen molar-refractivity contribution in [3.05, 3.63) is 98.2 Å². The Kier molecular flexibility index (Phi) is 6.93. The Balaban J connectivity index is 1.71. The molecule has 4 rings (SSSR count). The van der Waals surface area contributed by atoms with Crippen LogP contribution in [0, 0.1) is 12.7 Å². The molecule has 2 amide bonds. The summed E-state index contributed by atoms with van der Waals surface area (Å²) in [5.74, 6) is -1.83. The first-order chi connectivity index (χ1) is 17.2. The average Bonchev–Trinajstić information content (AvgIpc) is 2.86. The predicted molar refractivity (Wildman–Crippen MR) is 129 cm³/mol. The highest BCUT2D eigenvalue weighted by molar-refractivity contribution is 6.06. The van der Waals surface area contributed by atoms with Gasteiger partial charge >= 0.3 is 5.69 Å². The van der Waals surface area contributed by atoms with E-state index in [2.05, 4.69) is 10.4 Å². The molecule has 0 spiro atoms. The van der Waals surface area contributed by atoms with E-state index in [-0.39, 0.29) is 31.1 Å². The maximum absolute atomic E-state index is 13.5. The van der Waals surface area contributed by atoms with Crippen LogP contribution in [-0.2, 0) is 16.6 Å². The van der Waals surface area contributed by atoms with Crippen molar-refractivity contribution in [1.82, 2.24) is 19.2 Å². The maximum atomic E-state index is 13.5. The Labute approximate surface area is 204 Å². The zero-order valence-corrected chi connectivity index (χ0v) is 19.6. The quantitative estimate of drug-likeness (QED) is 0.532. The van der Waals surface area contributed by atoms with Gasteiger partial charge in [-0.05, 0) is 42.3 Å². The number of hydrogen-bond donors (Lipinski definition) is 2. The van der Waals surface area contributed by atoms with Gasteiger partial charge in [0.2, 0.25) is 5.91 Å². The van der Waals surface area contributed by atoms with E-state index in [0.29, 0.717) is 22.5 Å². The lowest BCUT2D eigenvalue weighted by atomic mass is 9.85. The number of halogens is 1. The molecule has 2 aromatic carbocycles. The number of hydrogen-bond acceptors (Lipinski definition) is 6. The summed E-state index contributed by atoms with van der Waals surface area (Å²) >= 11 is 0. The number of aliphatic hydroxyl groups is 1. The minimum atomic E-state index is -0.645. The molecule has 0 fully saturated rings. The number of carbonyl (C=O) groups is 2. The molecule has 0 radical (unpaired) electrons. The van der Waals surface area contributed by atoms with Crippen molar-refractivity contribution in [3.8, 4) is 5.69 Å². The second-order valence-electron chi connectivity index (χ2n) is 8.39. The summed E-state index contributed by atoms with van der Waals surface area (Å²) in [5, 5.41) is 16.0. The Morgan fingerprint density at radius 3 is 2.58 bits per heavy atom. The number of aryl methyl sites for hydroxylation is 1. The van der Waals surface area contributed by atoms with Crippen LogP contribution in [0.5, 0.6) is 0 Å². The van der Waals surface area contributed by atoms with Crippen LogP contribution in [0.2, 0.25) is 0 Å². The lowest BCUT2D eigenvalue weighted by Crippen LogP contribution is -2.38. The summed E-state index contributed by atoms with van der Waals surface area (Å²) in [4.78, 5) is 51.5. The second kappa shape index (κ2) is 10.1. The Morgan fingerprint density at radius 1 is 1.17 bits per heavy atom. The molecular weight excluding hydrogens is 469 g/mol. The van der Waals surface area contributed by atoms with E-state index in [0.717, 1.165) is 15.4 Å². The van der Waals surface area contributed by atoms with Gasteiger partial charge in [0.05, 0.1) is 12.3 Å². The van der Waals surface area contributed by atoms with Gasteiger partial charge in [-0.1, -0.05) is 18.2 Å². The Morgan fingerprint density at radius 2 is 1.89 bits per heavy atom. The van der Waals surface area contributed by atoms with Crippen LogP contribution in [0.15, 0.2) is 70.0 Å². The summed E-state index contributed by atoms with van der Waals surface area (Å²) in [5.41, 5.74) is 1.09. The smallest absolute Gasteiger partial charge is 0.351 e. The van der Waals surface area contributed by atoms with Crippen LogP contribution in [-0.4, -0.2) is 49.3 Å². The molecule has 2 heterocycles. The number of carbonyl (C=O) groups excluding carboxylic acids is 2. The maximum Gasteiger partial charge on any atom is 0.351 e. The number of aliphatic hydroxyl groups excluding tert-OH is 1. The third-order valence-electron chi connectivity index (χ3n) is 6.04. The van der Waals surface area contributed by atoms with Gasteiger partial charge in [-0.2, -0.15) is 9.78 Å². The van der Waals surface area contributed by atoms with Crippen molar-refractivity contribution < 1.29 is 19.1 Å². The van der Waals surface area contributed by atoms with Gasteiger partial charge in [0, 0.05) is 43.4 Å². The monoisotopic (exact) mass is 493 g/mol. The summed E-state index contributed by atoms with van der Waals surface area (Å²) < 4.78 is 15.4. The number of nitrogens with zero attached hydrogens (tertiary/aromatic N) is 4. The van der Waals surface area contributed by atoms with Crippen LogP contribution in [0.25, 0.3) is 5.69 Å². The third-order valence-corrected chi connectivity index (χ3v) is 6.04. The number of aromatic nitrogens is 3. The summed E-state index contributed by atoms with van der Waals surface area (Å²) in [6, 6.07) is 10.5. The van der Waals surface area contributed by atoms with Crippen molar-refractivity contribution >= 4 is 17.5 Å². The molecule has 1 unspecified atom stereocenters. The SMILES string of the molecule is Cc1ccc(-n2ncc(=O)n(C)c2=O)cc1NC(=O)C1=CN(CCO)C(=O)CC1c1ccc(F)cc1. The lowest BCUT2D eigenvalue weighted by Gasteiger charge is -2.30. The normalized spacial score (nSPS) is 15.6. The highest BCUT2D eigenvalue weighted by Gasteiger charge is 2.32. The molecule has 1 atom stereocenters. The lowest BCUT2D eigenvalue weighted by molar-refractivity contribution is -0.130. The molecule has 1 aromatic heterocycles. The molecule has 0 aliphatic carbocycles. The zero-order chi connectivity index (χ0) is 26.0. The van der Waals surface area contributed by atoms with E-state index in [1.165, 1.54) is 42.4 Å². The number of nitrogens with one attached hydrogen (secondary N) is 1. The number of rotatable bonds is 6. The average molecular weight is 493 g/mol. The van der Waals surface area contributed by atoms with Crippen molar-refractivity contribution in [2.75, 3.05) is 18.5 Å². The first-order valence-electron chi connectivity index (χ1n) is 11.1. The van der Waals surface area contributed by atoms with Crippen molar-refractivity contribution in [3.63, 3.8) is 0 Å². The van der Waals surface area contributed by atoms with E-state index in [4.69, 9.17) is 0 Å². The highest BCUT2D eigenvalue weighted by atomic mass is 19.1. The summed E-state index contributed by atoms with van der Waals surface area (Å²) in [6.45, 7) is 1.52. The predicted octanol–water partition coefficient (Wildman–Crippen LogP) is 1.21. The van der Waals surface area contributed by atoms with E-state index in [1.54, 1.807) is 25.1 Å².